The van der Waals surface area contributed by atoms with Crippen LogP contribution < -0.4 is 5.32 Å². The number of esters is 2. The van der Waals surface area contributed by atoms with Crippen LogP contribution in [-0.4, -0.2) is 39.6 Å². The fourth-order valence-corrected chi connectivity index (χ4v) is 3.17. The molecule has 2 rings (SSSR count). The molecule has 0 amide bonds. The van der Waals surface area contributed by atoms with Gasteiger partial charge in [0.05, 0.1) is 31.4 Å². The molecule has 0 aliphatic carbocycles. The molecule has 1 aromatic rings. The SMILES string of the molecule is CCOC(=O)C1=C(C)NC(C)=C(C(=O)OCC(C)C)C1c1ncc([N+](=O)[O-])n1C. The summed E-state index contributed by atoms with van der Waals surface area (Å²) in [6.45, 7) is 9.17. The van der Waals surface area contributed by atoms with Gasteiger partial charge in [0, 0.05) is 11.4 Å². The number of carbonyl (C=O) groups is 2. The largest absolute Gasteiger partial charge is 0.463 e. The van der Waals surface area contributed by atoms with Gasteiger partial charge in [-0.2, -0.15) is 0 Å². The molecule has 0 fully saturated rings. The number of allylic oxidation sites excluding steroid dienone is 2. The van der Waals surface area contributed by atoms with E-state index in [4.69, 9.17) is 9.47 Å². The zero-order valence-electron chi connectivity index (χ0n) is 17.4. The second-order valence-electron chi connectivity index (χ2n) is 7.14. The lowest BCUT2D eigenvalue weighted by Gasteiger charge is -2.28. The number of nitrogens with one attached hydrogen (secondary N) is 1. The molecule has 1 unspecified atom stereocenters. The highest BCUT2D eigenvalue weighted by atomic mass is 16.6. The van der Waals surface area contributed by atoms with Crippen LogP contribution in [0.5, 0.6) is 0 Å². The van der Waals surface area contributed by atoms with Crippen molar-refractivity contribution in [2.75, 3.05) is 13.2 Å². The van der Waals surface area contributed by atoms with Gasteiger partial charge in [0.15, 0.2) is 0 Å². The van der Waals surface area contributed by atoms with Crippen LogP contribution in [0, 0.1) is 16.0 Å². The van der Waals surface area contributed by atoms with Crippen LogP contribution in [0.15, 0.2) is 28.7 Å². The second-order valence-corrected chi connectivity index (χ2v) is 7.14. The van der Waals surface area contributed by atoms with Gasteiger partial charge >= 0.3 is 17.8 Å². The van der Waals surface area contributed by atoms with E-state index in [0.29, 0.717) is 11.4 Å². The molecular weight excluding hydrogens is 380 g/mol. The molecule has 0 aromatic carbocycles. The Balaban J connectivity index is 2.65. The van der Waals surface area contributed by atoms with Gasteiger partial charge in [-0.25, -0.2) is 19.1 Å². The number of dihydropyridines is 1. The lowest BCUT2D eigenvalue weighted by atomic mass is 9.84. The van der Waals surface area contributed by atoms with Crippen LogP contribution in [0.3, 0.4) is 0 Å². The first-order valence-electron chi connectivity index (χ1n) is 9.28. The topological polar surface area (TPSA) is 126 Å². The van der Waals surface area contributed by atoms with E-state index in [-0.39, 0.29) is 41.9 Å². The molecule has 0 radical (unpaired) electrons. The normalized spacial score (nSPS) is 16.7. The molecular formula is C19H26N4O6. The van der Waals surface area contributed by atoms with Crippen molar-refractivity contribution < 1.29 is 24.0 Å². The van der Waals surface area contributed by atoms with Gasteiger partial charge in [-0.3, -0.25) is 0 Å². The molecule has 0 saturated carbocycles. The van der Waals surface area contributed by atoms with Crippen molar-refractivity contribution in [1.82, 2.24) is 14.9 Å². The zero-order chi connectivity index (χ0) is 21.9. The summed E-state index contributed by atoms with van der Waals surface area (Å²) in [5.74, 6) is -2.17. The van der Waals surface area contributed by atoms with Gasteiger partial charge in [-0.1, -0.05) is 13.8 Å². The number of aromatic nitrogens is 2. The van der Waals surface area contributed by atoms with Gasteiger partial charge in [-0.05, 0) is 31.6 Å². The fraction of sp³-hybridized carbons (Fsp3) is 0.526. The number of hydrogen-bond donors (Lipinski definition) is 1. The van der Waals surface area contributed by atoms with E-state index in [1.165, 1.54) is 11.6 Å². The summed E-state index contributed by atoms with van der Waals surface area (Å²) in [7, 11) is 1.47. The van der Waals surface area contributed by atoms with Crippen molar-refractivity contribution >= 4 is 17.8 Å². The molecule has 1 aliphatic rings. The molecule has 158 valence electrons. The Labute approximate surface area is 168 Å². The van der Waals surface area contributed by atoms with Crippen LogP contribution in [-0.2, 0) is 26.1 Å². The van der Waals surface area contributed by atoms with E-state index in [9.17, 15) is 19.7 Å². The Kier molecular flexibility index (Phi) is 6.78. The van der Waals surface area contributed by atoms with Gasteiger partial charge < -0.3 is 24.9 Å². The van der Waals surface area contributed by atoms with E-state index in [2.05, 4.69) is 10.3 Å². The summed E-state index contributed by atoms with van der Waals surface area (Å²) in [5, 5.41) is 14.3. The zero-order valence-corrected chi connectivity index (χ0v) is 17.4. The van der Waals surface area contributed by atoms with Crippen molar-refractivity contribution in [1.29, 1.82) is 0 Å². The molecule has 29 heavy (non-hydrogen) atoms. The van der Waals surface area contributed by atoms with E-state index < -0.39 is 22.8 Å². The monoisotopic (exact) mass is 406 g/mol. The molecule has 1 atom stereocenters. The minimum absolute atomic E-state index is 0.117. The highest BCUT2D eigenvalue weighted by Crippen LogP contribution is 2.39. The minimum atomic E-state index is -0.964. The third-order valence-corrected chi connectivity index (χ3v) is 4.47. The Morgan fingerprint density at radius 2 is 1.79 bits per heavy atom. The molecule has 10 heteroatoms. The van der Waals surface area contributed by atoms with E-state index in [1.54, 1.807) is 20.8 Å². The van der Waals surface area contributed by atoms with Crippen molar-refractivity contribution in [2.45, 2.75) is 40.5 Å². The molecule has 0 spiro atoms. The maximum atomic E-state index is 12.9. The van der Waals surface area contributed by atoms with E-state index in [1.807, 2.05) is 13.8 Å². The number of carbonyl (C=O) groups excluding carboxylic acids is 2. The predicted molar refractivity (Wildman–Crippen MR) is 104 cm³/mol. The lowest BCUT2D eigenvalue weighted by Crippen LogP contribution is -2.34. The van der Waals surface area contributed by atoms with Gasteiger partial charge in [0.1, 0.15) is 12.1 Å². The summed E-state index contributed by atoms with van der Waals surface area (Å²) in [5.41, 5.74) is 1.30. The highest BCUT2D eigenvalue weighted by molar-refractivity contribution is 5.99. The van der Waals surface area contributed by atoms with E-state index >= 15 is 0 Å². The number of imidazole rings is 1. The first kappa shape index (κ1) is 22.1. The molecule has 1 aromatic heterocycles. The standard InChI is InChI=1S/C19H26N4O6/c1-7-28-18(24)14-11(4)21-12(5)15(19(25)29-9-10(2)3)16(14)17-20-8-13(22(17)6)23(26)27/h8,10,16,21H,7,9H2,1-6H3. The van der Waals surface area contributed by atoms with Crippen LogP contribution in [0.1, 0.15) is 46.4 Å². The van der Waals surface area contributed by atoms with Crippen LogP contribution >= 0.6 is 0 Å². The molecule has 0 saturated heterocycles. The third kappa shape index (κ3) is 4.47. The molecule has 1 aliphatic heterocycles. The Morgan fingerprint density at radius 3 is 2.24 bits per heavy atom. The first-order chi connectivity index (χ1) is 13.6. The van der Waals surface area contributed by atoms with Crippen molar-refractivity contribution in [2.24, 2.45) is 13.0 Å². The van der Waals surface area contributed by atoms with Gasteiger partial charge in [0.2, 0.25) is 5.82 Å². The van der Waals surface area contributed by atoms with Gasteiger partial charge in [-0.15, -0.1) is 0 Å². The number of nitro groups is 1. The maximum Gasteiger partial charge on any atom is 0.342 e. The summed E-state index contributed by atoms with van der Waals surface area (Å²) >= 11 is 0. The lowest BCUT2D eigenvalue weighted by molar-refractivity contribution is -0.391. The summed E-state index contributed by atoms with van der Waals surface area (Å²) < 4.78 is 11.8. The Morgan fingerprint density at radius 1 is 1.24 bits per heavy atom. The minimum Gasteiger partial charge on any atom is -0.463 e. The highest BCUT2D eigenvalue weighted by Gasteiger charge is 2.42. The second kappa shape index (κ2) is 8.89. The number of nitrogens with zero attached hydrogens (tertiary/aromatic N) is 3. The average molecular weight is 406 g/mol. The Bertz CT molecular complexity index is 897. The van der Waals surface area contributed by atoms with Gasteiger partial charge in [0.25, 0.3) is 0 Å². The van der Waals surface area contributed by atoms with Crippen LogP contribution in [0.2, 0.25) is 0 Å². The Hall–Kier alpha value is -3.17. The molecule has 2 heterocycles. The van der Waals surface area contributed by atoms with Crippen LogP contribution in [0.25, 0.3) is 0 Å². The third-order valence-electron chi connectivity index (χ3n) is 4.47. The smallest absolute Gasteiger partial charge is 0.342 e. The van der Waals surface area contributed by atoms with Crippen molar-refractivity contribution in [3.8, 4) is 0 Å². The van der Waals surface area contributed by atoms with Crippen molar-refractivity contribution in [3.05, 3.63) is 44.7 Å². The number of ether oxygens (including phenoxy) is 2. The first-order valence-corrected chi connectivity index (χ1v) is 9.28. The molecule has 0 bridgehead atoms. The quantitative estimate of drug-likeness (QED) is 0.415. The summed E-state index contributed by atoms with van der Waals surface area (Å²) in [6.07, 6.45) is 1.10. The molecule has 1 N–H and O–H groups in total. The number of rotatable bonds is 7. The molecule has 10 nitrogen and oxygen atoms in total. The van der Waals surface area contributed by atoms with E-state index in [0.717, 1.165) is 6.20 Å². The predicted octanol–water partition coefficient (Wildman–Crippen LogP) is 2.33. The summed E-state index contributed by atoms with van der Waals surface area (Å²) in [6, 6.07) is 0. The van der Waals surface area contributed by atoms with Crippen molar-refractivity contribution in [3.63, 3.8) is 0 Å². The fourth-order valence-electron chi connectivity index (χ4n) is 3.17. The summed E-state index contributed by atoms with van der Waals surface area (Å²) in [4.78, 5) is 40.5. The van der Waals surface area contributed by atoms with Crippen LogP contribution in [0.4, 0.5) is 5.82 Å². The average Bonchev–Trinajstić information content (AvgIpc) is 3.00. The maximum absolute atomic E-state index is 12.9. The number of hydrogen-bond acceptors (Lipinski definition) is 8.